The van der Waals surface area contributed by atoms with Crippen molar-refractivity contribution in [2.45, 2.75) is 6.04 Å². The minimum Gasteiger partial charge on any atom is -0.308 e. The summed E-state index contributed by atoms with van der Waals surface area (Å²) in [5.41, 5.74) is 2.25. The van der Waals surface area contributed by atoms with Crippen LogP contribution >= 0.6 is 0 Å². The molecule has 100 valence electrons. The highest BCUT2D eigenvalue weighted by Gasteiger charge is 2.19. The molecular weight excluding hydrogens is 253 g/mol. The van der Waals surface area contributed by atoms with E-state index < -0.39 is 0 Å². The van der Waals surface area contributed by atoms with Gasteiger partial charge in [-0.1, -0.05) is 18.2 Å². The predicted octanol–water partition coefficient (Wildman–Crippen LogP) is 3.08. The van der Waals surface area contributed by atoms with Gasteiger partial charge in [-0.3, -0.25) is 9.97 Å². The zero-order valence-electron chi connectivity index (χ0n) is 11.0. The van der Waals surface area contributed by atoms with E-state index in [9.17, 15) is 4.39 Å². The van der Waals surface area contributed by atoms with Gasteiger partial charge in [-0.05, 0) is 36.9 Å². The van der Waals surface area contributed by atoms with Crippen LogP contribution in [0.3, 0.4) is 0 Å². The monoisotopic (exact) mass is 267 g/mol. The van der Waals surface area contributed by atoms with E-state index in [1.807, 2.05) is 30.3 Å². The molecule has 1 atom stereocenters. The Balaban J connectivity index is 2.20. The Kier molecular flexibility index (Phi) is 3.39. The van der Waals surface area contributed by atoms with Crippen LogP contribution in [-0.2, 0) is 0 Å². The summed E-state index contributed by atoms with van der Waals surface area (Å²) in [6.07, 6.45) is 3.36. The predicted molar refractivity (Wildman–Crippen MR) is 76.8 cm³/mol. The third-order valence-corrected chi connectivity index (χ3v) is 3.34. The molecular formula is C16H14FN3. The lowest BCUT2D eigenvalue weighted by Crippen LogP contribution is -2.20. The molecule has 1 unspecified atom stereocenters. The summed E-state index contributed by atoms with van der Waals surface area (Å²) in [7, 11) is 1.80. The lowest BCUT2D eigenvalue weighted by atomic mass is 9.98. The first-order valence-electron chi connectivity index (χ1n) is 6.42. The van der Waals surface area contributed by atoms with Gasteiger partial charge in [0, 0.05) is 17.8 Å². The maximum absolute atomic E-state index is 14.0. The fourth-order valence-electron chi connectivity index (χ4n) is 2.43. The number of hydrogen-bond donors (Lipinski definition) is 1. The standard InChI is InChI=1S/C16H14FN3/c1-18-15(16-13(17)7-4-10-20-16)12-5-2-8-14-11(12)6-3-9-19-14/h2-10,15,18H,1H3. The Morgan fingerprint density at radius 1 is 1.00 bits per heavy atom. The average Bonchev–Trinajstić information content (AvgIpc) is 2.50. The number of nitrogens with one attached hydrogen (secondary N) is 1. The molecule has 0 aliphatic carbocycles. The third-order valence-electron chi connectivity index (χ3n) is 3.34. The normalized spacial score (nSPS) is 12.5. The fraction of sp³-hybridized carbons (Fsp3) is 0.125. The van der Waals surface area contributed by atoms with Gasteiger partial charge in [-0.25, -0.2) is 4.39 Å². The molecule has 1 aromatic carbocycles. The molecule has 4 heteroatoms. The average molecular weight is 267 g/mol. The van der Waals surface area contributed by atoms with Gasteiger partial charge < -0.3 is 5.32 Å². The van der Waals surface area contributed by atoms with Crippen molar-refractivity contribution in [3.63, 3.8) is 0 Å². The van der Waals surface area contributed by atoms with Crippen LogP contribution in [0.1, 0.15) is 17.3 Å². The minimum absolute atomic E-state index is 0.302. The second-order valence-electron chi connectivity index (χ2n) is 4.51. The number of pyridine rings is 2. The molecule has 0 amide bonds. The van der Waals surface area contributed by atoms with Crippen molar-refractivity contribution in [2.24, 2.45) is 0 Å². The van der Waals surface area contributed by atoms with E-state index >= 15 is 0 Å². The fourth-order valence-corrected chi connectivity index (χ4v) is 2.43. The van der Waals surface area contributed by atoms with Crippen LogP contribution in [0.5, 0.6) is 0 Å². The maximum Gasteiger partial charge on any atom is 0.146 e. The summed E-state index contributed by atoms with van der Waals surface area (Å²) in [5, 5.41) is 4.14. The number of rotatable bonds is 3. The molecule has 0 fully saturated rings. The van der Waals surface area contributed by atoms with Crippen molar-refractivity contribution in [3.8, 4) is 0 Å². The first kappa shape index (κ1) is 12.7. The van der Waals surface area contributed by atoms with Crippen molar-refractivity contribution in [3.05, 3.63) is 71.9 Å². The molecule has 0 saturated carbocycles. The van der Waals surface area contributed by atoms with Crippen molar-refractivity contribution >= 4 is 10.9 Å². The minimum atomic E-state index is -0.312. The SMILES string of the molecule is CNC(c1ncccc1F)c1cccc2ncccc12. The topological polar surface area (TPSA) is 37.8 Å². The molecule has 2 heterocycles. The number of hydrogen-bond acceptors (Lipinski definition) is 3. The summed E-state index contributed by atoms with van der Waals surface area (Å²) >= 11 is 0. The second-order valence-corrected chi connectivity index (χ2v) is 4.51. The Hall–Kier alpha value is -2.33. The molecule has 20 heavy (non-hydrogen) atoms. The number of halogens is 1. The molecule has 1 N–H and O–H groups in total. The molecule has 0 radical (unpaired) electrons. The van der Waals surface area contributed by atoms with Gasteiger partial charge >= 0.3 is 0 Å². The van der Waals surface area contributed by atoms with E-state index in [4.69, 9.17) is 0 Å². The highest BCUT2D eigenvalue weighted by atomic mass is 19.1. The number of aromatic nitrogens is 2. The number of fused-ring (bicyclic) bond motifs is 1. The van der Waals surface area contributed by atoms with Crippen LogP contribution in [0.15, 0.2) is 54.9 Å². The summed E-state index contributed by atoms with van der Waals surface area (Å²) in [6, 6.07) is 12.4. The summed E-state index contributed by atoms with van der Waals surface area (Å²) in [4.78, 5) is 8.51. The molecule has 0 aliphatic heterocycles. The van der Waals surface area contributed by atoms with Gasteiger partial charge in [0.1, 0.15) is 5.82 Å². The Bertz CT molecular complexity index is 737. The Morgan fingerprint density at radius 3 is 2.60 bits per heavy atom. The van der Waals surface area contributed by atoms with Gasteiger partial charge in [0.15, 0.2) is 0 Å². The first-order chi connectivity index (χ1) is 9.81. The van der Waals surface area contributed by atoms with E-state index in [2.05, 4.69) is 15.3 Å². The Morgan fingerprint density at radius 2 is 1.80 bits per heavy atom. The van der Waals surface area contributed by atoms with Gasteiger partial charge in [0.05, 0.1) is 17.3 Å². The van der Waals surface area contributed by atoms with Gasteiger partial charge in [-0.15, -0.1) is 0 Å². The van der Waals surface area contributed by atoms with Crippen LogP contribution in [0.25, 0.3) is 10.9 Å². The molecule has 0 spiro atoms. The molecule has 0 aliphatic rings. The van der Waals surface area contributed by atoms with E-state index in [0.717, 1.165) is 16.5 Å². The van der Waals surface area contributed by atoms with Crippen LogP contribution in [0.4, 0.5) is 4.39 Å². The molecule has 3 nitrogen and oxygen atoms in total. The van der Waals surface area contributed by atoms with Crippen LogP contribution in [0, 0.1) is 5.82 Å². The number of nitrogens with zero attached hydrogens (tertiary/aromatic N) is 2. The quantitative estimate of drug-likeness (QED) is 0.792. The summed E-state index contributed by atoms with van der Waals surface area (Å²) < 4.78 is 14.0. The van der Waals surface area contributed by atoms with E-state index in [0.29, 0.717) is 5.69 Å². The Labute approximate surface area is 116 Å². The zero-order valence-corrected chi connectivity index (χ0v) is 11.0. The van der Waals surface area contributed by atoms with E-state index in [1.165, 1.54) is 6.07 Å². The summed E-state index contributed by atoms with van der Waals surface area (Å²) in [5.74, 6) is -0.312. The maximum atomic E-state index is 14.0. The highest BCUT2D eigenvalue weighted by molar-refractivity contribution is 5.82. The van der Waals surface area contributed by atoms with E-state index in [-0.39, 0.29) is 11.9 Å². The zero-order chi connectivity index (χ0) is 13.9. The van der Waals surface area contributed by atoms with Gasteiger partial charge in [0.25, 0.3) is 0 Å². The molecule has 3 aromatic rings. The highest BCUT2D eigenvalue weighted by Crippen LogP contribution is 2.28. The van der Waals surface area contributed by atoms with Crippen LogP contribution in [-0.4, -0.2) is 17.0 Å². The molecule has 0 bridgehead atoms. The lowest BCUT2D eigenvalue weighted by Gasteiger charge is -2.18. The smallest absolute Gasteiger partial charge is 0.146 e. The van der Waals surface area contributed by atoms with Gasteiger partial charge in [-0.2, -0.15) is 0 Å². The van der Waals surface area contributed by atoms with E-state index in [1.54, 1.807) is 25.5 Å². The molecule has 2 aromatic heterocycles. The van der Waals surface area contributed by atoms with Gasteiger partial charge in [0.2, 0.25) is 0 Å². The first-order valence-corrected chi connectivity index (χ1v) is 6.42. The third kappa shape index (κ3) is 2.14. The van der Waals surface area contributed by atoms with Crippen molar-refractivity contribution in [2.75, 3.05) is 7.05 Å². The lowest BCUT2D eigenvalue weighted by molar-refractivity contribution is 0.561. The molecule has 3 rings (SSSR count). The second kappa shape index (κ2) is 5.35. The van der Waals surface area contributed by atoms with Crippen molar-refractivity contribution in [1.82, 2.24) is 15.3 Å². The van der Waals surface area contributed by atoms with Crippen LogP contribution < -0.4 is 5.32 Å². The van der Waals surface area contributed by atoms with Crippen LogP contribution in [0.2, 0.25) is 0 Å². The molecule has 0 saturated heterocycles. The summed E-state index contributed by atoms with van der Waals surface area (Å²) in [6.45, 7) is 0. The number of benzene rings is 1. The van der Waals surface area contributed by atoms with Crippen molar-refractivity contribution < 1.29 is 4.39 Å². The van der Waals surface area contributed by atoms with Crippen molar-refractivity contribution in [1.29, 1.82) is 0 Å². The largest absolute Gasteiger partial charge is 0.308 e.